The van der Waals surface area contributed by atoms with Crippen LogP contribution in [0.3, 0.4) is 0 Å². The average Bonchev–Trinajstić information content (AvgIpc) is 2.69. The average molecular weight is 457 g/mol. The first kappa shape index (κ1) is 22.7. The molecule has 2 heterocycles. The van der Waals surface area contributed by atoms with Gasteiger partial charge in [-0.2, -0.15) is 15.0 Å². The van der Waals surface area contributed by atoms with Crippen molar-refractivity contribution in [3.05, 3.63) is 5.82 Å². The van der Waals surface area contributed by atoms with E-state index < -0.39 is 15.7 Å². The van der Waals surface area contributed by atoms with E-state index in [1.807, 2.05) is 4.90 Å². The van der Waals surface area contributed by atoms with Gasteiger partial charge >= 0.3 is 11.9 Å². The summed E-state index contributed by atoms with van der Waals surface area (Å²) >= 11 is 17.7. The number of hydrogen-bond donors (Lipinski definition) is 1. The van der Waals surface area contributed by atoms with Crippen molar-refractivity contribution < 1.29 is 23.8 Å². The Hall–Kier alpha value is -1.62. The fraction of sp³-hybridized carbons (Fsp3) is 0.667. The maximum absolute atomic E-state index is 11.6. The summed E-state index contributed by atoms with van der Waals surface area (Å²) < 4.78 is 13.0. The van der Waals surface area contributed by atoms with Gasteiger partial charge in [0.05, 0.1) is 39.7 Å². The molecule has 0 aliphatic carbocycles. The minimum Gasteiger partial charge on any atom is -0.469 e. The molecular weight excluding hydrogens is 437 g/mol. The Balaban J connectivity index is 1.92. The Kier molecular flexibility index (Phi) is 8.74. The summed E-state index contributed by atoms with van der Waals surface area (Å²) in [5.41, 5.74) is 0. The molecule has 10 nitrogen and oxygen atoms in total. The summed E-state index contributed by atoms with van der Waals surface area (Å²) in [7, 11) is 1.25. The van der Waals surface area contributed by atoms with E-state index in [0.717, 1.165) is 0 Å². The van der Waals surface area contributed by atoms with Gasteiger partial charge in [-0.1, -0.05) is 34.8 Å². The molecular formula is C15H20Cl3N5O5. The lowest BCUT2D eigenvalue weighted by atomic mass is 10.3. The number of ether oxygens (including phenoxy) is 3. The van der Waals surface area contributed by atoms with E-state index in [0.29, 0.717) is 32.3 Å². The fourth-order valence-corrected chi connectivity index (χ4v) is 2.43. The molecule has 0 saturated carbocycles. The maximum Gasteiger partial charge on any atom is 0.306 e. The molecule has 28 heavy (non-hydrogen) atoms. The van der Waals surface area contributed by atoms with E-state index >= 15 is 0 Å². The quantitative estimate of drug-likeness (QED) is 0.350. The zero-order valence-electron chi connectivity index (χ0n) is 15.1. The number of anilines is 2. The number of nitrogens with zero attached hydrogens (tertiary/aromatic N) is 4. The number of alkyl halides is 3. The SMILES string of the molecule is COC(=O)CCC(=O)OCCNc1nc(N2CCOCC2)nc(C(Cl)(Cl)Cl)n1. The van der Waals surface area contributed by atoms with Gasteiger partial charge in [-0.15, -0.1) is 0 Å². The summed E-state index contributed by atoms with van der Waals surface area (Å²) in [4.78, 5) is 37.1. The minimum atomic E-state index is -1.82. The molecule has 1 aliphatic rings. The van der Waals surface area contributed by atoms with Gasteiger partial charge < -0.3 is 24.4 Å². The molecule has 0 radical (unpaired) electrons. The zero-order valence-corrected chi connectivity index (χ0v) is 17.4. The second-order valence-electron chi connectivity index (χ2n) is 5.60. The van der Waals surface area contributed by atoms with E-state index in [1.54, 1.807) is 0 Å². The van der Waals surface area contributed by atoms with Crippen LogP contribution in [-0.2, 0) is 27.6 Å². The Bertz CT molecular complexity index is 683. The molecule has 0 amide bonds. The van der Waals surface area contributed by atoms with Crippen LogP contribution < -0.4 is 10.2 Å². The number of halogens is 3. The summed E-state index contributed by atoms with van der Waals surface area (Å²) in [6.07, 6.45) is -0.0945. The number of aromatic nitrogens is 3. The monoisotopic (exact) mass is 455 g/mol. The molecule has 1 N–H and O–H groups in total. The standard InChI is InChI=1S/C15H20Cl3N5O5/c1-26-10(24)2-3-11(25)28-7-4-19-13-20-12(15(16,17)18)21-14(22-13)23-5-8-27-9-6-23/h2-9H2,1H3,(H,19,20,21,22). The van der Waals surface area contributed by atoms with Crippen LogP contribution in [0.2, 0.25) is 0 Å². The number of rotatable bonds is 8. The number of carbonyl (C=O) groups excluding carboxylic acids is 2. The number of morpholine rings is 1. The smallest absolute Gasteiger partial charge is 0.306 e. The molecule has 1 aliphatic heterocycles. The number of methoxy groups -OCH3 is 1. The molecule has 1 fully saturated rings. The molecule has 0 unspecified atom stereocenters. The van der Waals surface area contributed by atoms with Crippen LogP contribution in [0.1, 0.15) is 18.7 Å². The Morgan fingerprint density at radius 1 is 1.14 bits per heavy atom. The van der Waals surface area contributed by atoms with Crippen molar-refractivity contribution >= 4 is 58.6 Å². The molecule has 1 saturated heterocycles. The van der Waals surface area contributed by atoms with Crippen molar-refractivity contribution in [2.24, 2.45) is 0 Å². The van der Waals surface area contributed by atoms with Crippen LogP contribution >= 0.6 is 34.8 Å². The van der Waals surface area contributed by atoms with Crippen molar-refractivity contribution in [1.29, 1.82) is 0 Å². The summed E-state index contributed by atoms with van der Waals surface area (Å²) in [5, 5.41) is 2.90. The lowest BCUT2D eigenvalue weighted by Crippen LogP contribution is -2.38. The molecule has 0 spiro atoms. The van der Waals surface area contributed by atoms with E-state index in [-0.39, 0.29) is 37.8 Å². The van der Waals surface area contributed by atoms with E-state index in [1.165, 1.54) is 7.11 Å². The van der Waals surface area contributed by atoms with Crippen molar-refractivity contribution in [3.63, 3.8) is 0 Å². The first-order valence-corrected chi connectivity index (χ1v) is 9.55. The largest absolute Gasteiger partial charge is 0.469 e. The van der Waals surface area contributed by atoms with Crippen molar-refractivity contribution in [2.45, 2.75) is 16.6 Å². The van der Waals surface area contributed by atoms with Gasteiger partial charge in [0.25, 0.3) is 0 Å². The predicted octanol–water partition coefficient (Wildman–Crippen LogP) is 1.44. The lowest BCUT2D eigenvalue weighted by molar-refractivity contribution is -0.148. The van der Waals surface area contributed by atoms with Gasteiger partial charge in [0, 0.05) is 13.1 Å². The topological polar surface area (TPSA) is 116 Å². The van der Waals surface area contributed by atoms with Gasteiger partial charge in [-0.3, -0.25) is 9.59 Å². The van der Waals surface area contributed by atoms with Crippen LogP contribution in [0.5, 0.6) is 0 Å². The highest BCUT2D eigenvalue weighted by atomic mass is 35.6. The van der Waals surface area contributed by atoms with Gasteiger partial charge in [0.1, 0.15) is 6.61 Å². The van der Waals surface area contributed by atoms with Crippen molar-refractivity contribution in [1.82, 2.24) is 15.0 Å². The maximum atomic E-state index is 11.6. The first-order chi connectivity index (χ1) is 13.3. The lowest BCUT2D eigenvalue weighted by Gasteiger charge is -2.27. The van der Waals surface area contributed by atoms with E-state index in [2.05, 4.69) is 25.0 Å². The molecule has 1 aromatic rings. The summed E-state index contributed by atoms with van der Waals surface area (Å²) in [6, 6.07) is 0. The highest BCUT2D eigenvalue weighted by Crippen LogP contribution is 2.36. The van der Waals surface area contributed by atoms with Crippen LogP contribution in [0.4, 0.5) is 11.9 Å². The second kappa shape index (κ2) is 10.8. The van der Waals surface area contributed by atoms with Gasteiger partial charge in [-0.25, -0.2) is 0 Å². The number of hydrogen-bond acceptors (Lipinski definition) is 10. The Labute approximate surface area is 176 Å². The van der Waals surface area contributed by atoms with Gasteiger partial charge in [0.15, 0.2) is 5.82 Å². The minimum absolute atomic E-state index is 0.0217. The molecule has 0 atom stereocenters. The third-order valence-corrected chi connectivity index (χ3v) is 4.09. The number of carbonyl (C=O) groups is 2. The highest BCUT2D eigenvalue weighted by molar-refractivity contribution is 6.66. The molecule has 2 rings (SSSR count). The molecule has 156 valence electrons. The Morgan fingerprint density at radius 3 is 2.46 bits per heavy atom. The molecule has 1 aromatic heterocycles. The first-order valence-electron chi connectivity index (χ1n) is 8.42. The van der Waals surface area contributed by atoms with Crippen LogP contribution in [-0.4, -0.2) is 73.5 Å². The van der Waals surface area contributed by atoms with E-state index in [4.69, 9.17) is 44.3 Å². The molecule has 13 heteroatoms. The number of nitrogens with one attached hydrogen (secondary N) is 1. The van der Waals surface area contributed by atoms with Gasteiger partial charge in [-0.05, 0) is 0 Å². The third kappa shape index (κ3) is 7.42. The second-order valence-corrected chi connectivity index (χ2v) is 7.88. The molecule has 0 aromatic carbocycles. The van der Waals surface area contributed by atoms with Crippen LogP contribution in [0, 0.1) is 0 Å². The summed E-state index contributed by atoms with van der Waals surface area (Å²) in [6.45, 7) is 2.54. The fourth-order valence-electron chi connectivity index (χ4n) is 2.18. The summed E-state index contributed by atoms with van der Waals surface area (Å²) in [5.74, 6) is -0.471. The van der Waals surface area contributed by atoms with Crippen molar-refractivity contribution in [2.75, 3.05) is 56.8 Å². The van der Waals surface area contributed by atoms with Gasteiger partial charge in [0.2, 0.25) is 15.7 Å². The predicted molar refractivity (Wildman–Crippen MR) is 103 cm³/mol. The van der Waals surface area contributed by atoms with Crippen LogP contribution in [0.15, 0.2) is 0 Å². The molecule has 0 bridgehead atoms. The third-order valence-electron chi connectivity index (χ3n) is 3.58. The van der Waals surface area contributed by atoms with Crippen molar-refractivity contribution in [3.8, 4) is 0 Å². The van der Waals surface area contributed by atoms with E-state index in [9.17, 15) is 9.59 Å². The Morgan fingerprint density at radius 2 is 1.82 bits per heavy atom. The van der Waals surface area contributed by atoms with Crippen LogP contribution in [0.25, 0.3) is 0 Å². The normalized spacial score (nSPS) is 14.5. The number of esters is 2. The zero-order chi connectivity index (χ0) is 20.6. The highest BCUT2D eigenvalue weighted by Gasteiger charge is 2.29.